The number of fused-ring (bicyclic) bond motifs is 3. The lowest BCUT2D eigenvalue weighted by molar-refractivity contribution is 1.07. The van der Waals surface area contributed by atoms with E-state index in [-0.39, 0.29) is 0 Å². The highest BCUT2D eigenvalue weighted by atomic mass is 32.1. The van der Waals surface area contributed by atoms with Crippen molar-refractivity contribution in [1.29, 1.82) is 0 Å². The lowest BCUT2D eigenvalue weighted by Gasteiger charge is -2.12. The van der Waals surface area contributed by atoms with E-state index in [1.807, 2.05) is 72.0 Å². The summed E-state index contributed by atoms with van der Waals surface area (Å²) in [7, 11) is 0. The van der Waals surface area contributed by atoms with Gasteiger partial charge in [-0.15, -0.1) is 11.3 Å². The zero-order valence-corrected chi connectivity index (χ0v) is 30.5. The van der Waals surface area contributed by atoms with Gasteiger partial charge in [0.1, 0.15) is 0 Å². The van der Waals surface area contributed by atoms with E-state index in [2.05, 4.69) is 133 Å². The third-order valence-electron chi connectivity index (χ3n) is 9.92. The summed E-state index contributed by atoms with van der Waals surface area (Å²) in [5.41, 5.74) is 11.6. The predicted octanol–water partition coefficient (Wildman–Crippen LogP) is 13.3. The van der Waals surface area contributed by atoms with Gasteiger partial charge in [-0.3, -0.25) is 0 Å². The molecule has 0 fully saturated rings. The van der Waals surface area contributed by atoms with Crippen LogP contribution in [0.15, 0.2) is 194 Å². The van der Waals surface area contributed by atoms with Gasteiger partial charge in [0.05, 0.1) is 11.2 Å². The molecule has 5 heteroatoms. The SMILES string of the molecule is c1ccc(-c2nc(-c3ccccc3)nc(-c3cccc(-c4ccc5nc(-c6ccccc6)c6c(-c7ccccc7)c(-c7ccccc7)sc6c5c4)c3)n2)cc1. The molecule has 4 nitrogen and oxygen atoms in total. The second kappa shape index (κ2) is 14.0. The fraction of sp³-hybridized carbons (Fsp3) is 0. The Hall–Kier alpha value is -7.08. The van der Waals surface area contributed by atoms with E-state index >= 15 is 0 Å². The van der Waals surface area contributed by atoms with E-state index in [1.54, 1.807) is 0 Å². The molecular formula is C50H32N4S. The summed E-state index contributed by atoms with van der Waals surface area (Å²) in [6.07, 6.45) is 0. The van der Waals surface area contributed by atoms with E-state index in [1.165, 1.54) is 31.7 Å². The molecule has 0 radical (unpaired) electrons. The van der Waals surface area contributed by atoms with Gasteiger partial charge in [-0.2, -0.15) is 0 Å². The maximum absolute atomic E-state index is 5.42. The third-order valence-corrected chi connectivity index (χ3v) is 11.2. The minimum Gasteiger partial charge on any atom is -0.247 e. The van der Waals surface area contributed by atoms with Crippen molar-refractivity contribution >= 4 is 32.3 Å². The molecule has 0 amide bonds. The first-order chi connectivity index (χ1) is 27.3. The van der Waals surface area contributed by atoms with Gasteiger partial charge in [0, 0.05) is 48.2 Å². The van der Waals surface area contributed by atoms with Crippen LogP contribution in [0.4, 0.5) is 0 Å². The van der Waals surface area contributed by atoms with Crippen LogP contribution in [0, 0.1) is 0 Å². The molecule has 3 heterocycles. The van der Waals surface area contributed by atoms with Crippen molar-refractivity contribution < 1.29 is 0 Å². The van der Waals surface area contributed by atoms with Crippen LogP contribution in [-0.4, -0.2) is 19.9 Å². The molecule has 0 N–H and O–H groups in total. The summed E-state index contributed by atoms with van der Waals surface area (Å²) in [6.45, 7) is 0. The van der Waals surface area contributed by atoms with Gasteiger partial charge in [0.2, 0.25) is 0 Å². The van der Waals surface area contributed by atoms with Crippen LogP contribution in [0.1, 0.15) is 0 Å². The Morgan fingerprint density at radius 2 is 0.782 bits per heavy atom. The monoisotopic (exact) mass is 720 g/mol. The summed E-state index contributed by atoms with van der Waals surface area (Å²) < 4.78 is 1.22. The highest BCUT2D eigenvalue weighted by molar-refractivity contribution is 7.24. The molecule has 0 bridgehead atoms. The molecule has 0 aliphatic rings. The van der Waals surface area contributed by atoms with Gasteiger partial charge >= 0.3 is 0 Å². The molecule has 7 aromatic carbocycles. The molecule has 55 heavy (non-hydrogen) atoms. The van der Waals surface area contributed by atoms with Crippen LogP contribution < -0.4 is 0 Å². The number of benzene rings is 7. The van der Waals surface area contributed by atoms with Gasteiger partial charge < -0.3 is 0 Å². The van der Waals surface area contributed by atoms with Gasteiger partial charge in [0.15, 0.2) is 17.5 Å². The quantitative estimate of drug-likeness (QED) is 0.164. The maximum atomic E-state index is 5.42. The second-order valence-electron chi connectivity index (χ2n) is 13.4. The van der Waals surface area contributed by atoms with Gasteiger partial charge in [-0.25, -0.2) is 19.9 Å². The number of hydrogen-bond donors (Lipinski definition) is 0. The number of nitrogens with zero attached hydrogens (tertiary/aromatic N) is 4. The van der Waals surface area contributed by atoms with Gasteiger partial charge in [-0.05, 0) is 40.5 Å². The van der Waals surface area contributed by atoms with Gasteiger partial charge in [-0.1, -0.05) is 176 Å². The average molecular weight is 721 g/mol. The lowest BCUT2D eigenvalue weighted by Crippen LogP contribution is -2.00. The summed E-state index contributed by atoms with van der Waals surface area (Å²) in [5.74, 6) is 1.92. The molecule has 0 unspecified atom stereocenters. The normalized spacial score (nSPS) is 11.3. The van der Waals surface area contributed by atoms with E-state index in [0.29, 0.717) is 17.5 Å². The second-order valence-corrected chi connectivity index (χ2v) is 14.4. The minimum atomic E-state index is 0.630. The van der Waals surface area contributed by atoms with Crippen molar-refractivity contribution in [3.05, 3.63) is 194 Å². The molecule has 258 valence electrons. The first-order valence-corrected chi connectivity index (χ1v) is 19.1. The van der Waals surface area contributed by atoms with E-state index in [0.717, 1.165) is 50.0 Å². The zero-order chi connectivity index (χ0) is 36.6. The van der Waals surface area contributed by atoms with Crippen LogP contribution in [0.25, 0.3) is 99.1 Å². The Kier molecular flexibility index (Phi) is 8.32. The van der Waals surface area contributed by atoms with Crippen molar-refractivity contribution in [2.45, 2.75) is 0 Å². The van der Waals surface area contributed by atoms with Crippen molar-refractivity contribution in [3.8, 4) is 78.1 Å². The summed E-state index contributed by atoms with van der Waals surface area (Å²) in [4.78, 5) is 21.6. The standard InChI is InChI=1S/C50H32N4S/c1-6-17-33(18-7-1)43-44-45(34-19-8-2-9-20-34)51-42-30-29-39(32-41(42)47(44)55-46(43)35-21-10-3-11-22-35)38-27-16-28-40(31-38)50-53-48(36-23-12-4-13-24-36)52-49(54-50)37-25-14-5-15-26-37/h1-32H. The molecule has 0 saturated carbocycles. The van der Waals surface area contributed by atoms with Gasteiger partial charge in [0.25, 0.3) is 0 Å². The van der Waals surface area contributed by atoms with Crippen LogP contribution in [-0.2, 0) is 0 Å². The predicted molar refractivity (Wildman–Crippen MR) is 229 cm³/mol. The van der Waals surface area contributed by atoms with Crippen molar-refractivity contribution in [3.63, 3.8) is 0 Å². The largest absolute Gasteiger partial charge is 0.247 e. The van der Waals surface area contributed by atoms with E-state index < -0.39 is 0 Å². The number of thiophene rings is 1. The van der Waals surface area contributed by atoms with E-state index in [9.17, 15) is 0 Å². The Bertz CT molecular complexity index is 2890. The fourth-order valence-corrected chi connectivity index (χ4v) is 8.63. The van der Waals surface area contributed by atoms with Crippen LogP contribution >= 0.6 is 11.3 Å². The maximum Gasteiger partial charge on any atom is 0.164 e. The van der Waals surface area contributed by atoms with Crippen molar-refractivity contribution in [1.82, 2.24) is 19.9 Å². The van der Waals surface area contributed by atoms with Crippen molar-refractivity contribution in [2.75, 3.05) is 0 Å². The Labute approximate surface area is 323 Å². The Balaban J connectivity index is 1.17. The number of rotatable bonds is 7. The highest BCUT2D eigenvalue weighted by Gasteiger charge is 2.23. The van der Waals surface area contributed by atoms with Crippen molar-refractivity contribution in [2.24, 2.45) is 0 Å². The molecule has 10 rings (SSSR count). The molecule has 0 aliphatic carbocycles. The average Bonchev–Trinajstić information content (AvgIpc) is 3.69. The molecular weight excluding hydrogens is 689 g/mol. The smallest absolute Gasteiger partial charge is 0.164 e. The Morgan fingerprint density at radius 3 is 1.36 bits per heavy atom. The minimum absolute atomic E-state index is 0.630. The third kappa shape index (κ3) is 6.17. The number of aromatic nitrogens is 4. The summed E-state index contributed by atoms with van der Waals surface area (Å²) in [5, 5.41) is 2.30. The molecule has 10 aromatic rings. The summed E-state index contributed by atoms with van der Waals surface area (Å²) in [6, 6.07) is 67.4. The number of pyridine rings is 1. The lowest BCUT2D eigenvalue weighted by atomic mass is 9.94. The molecule has 0 atom stereocenters. The number of hydrogen-bond acceptors (Lipinski definition) is 5. The van der Waals surface area contributed by atoms with E-state index in [4.69, 9.17) is 19.9 Å². The van der Waals surface area contributed by atoms with Crippen LogP contribution in [0.2, 0.25) is 0 Å². The molecule has 0 saturated heterocycles. The van der Waals surface area contributed by atoms with Crippen LogP contribution in [0.5, 0.6) is 0 Å². The molecule has 0 aliphatic heterocycles. The highest BCUT2D eigenvalue weighted by Crippen LogP contribution is 2.50. The zero-order valence-electron chi connectivity index (χ0n) is 29.7. The fourth-order valence-electron chi connectivity index (χ4n) is 7.27. The topological polar surface area (TPSA) is 51.6 Å². The first-order valence-electron chi connectivity index (χ1n) is 18.3. The molecule has 3 aromatic heterocycles. The summed E-state index contributed by atoms with van der Waals surface area (Å²) >= 11 is 1.85. The first kappa shape index (κ1) is 32.6. The molecule has 0 spiro atoms. The van der Waals surface area contributed by atoms with Crippen LogP contribution in [0.3, 0.4) is 0 Å². The Morgan fingerprint density at radius 1 is 0.327 bits per heavy atom.